The molecule has 2 saturated heterocycles. The minimum absolute atomic E-state index is 0.231. The van der Waals surface area contributed by atoms with Gasteiger partial charge in [0.1, 0.15) is 5.54 Å². The van der Waals surface area contributed by atoms with Crippen LogP contribution in [-0.2, 0) is 4.79 Å². The van der Waals surface area contributed by atoms with Crippen LogP contribution in [0.3, 0.4) is 0 Å². The van der Waals surface area contributed by atoms with E-state index >= 15 is 0 Å². The number of thiazole rings is 1. The molecule has 1 aromatic heterocycles. The predicted molar refractivity (Wildman–Crippen MR) is 87.6 cm³/mol. The van der Waals surface area contributed by atoms with Crippen LogP contribution in [0.2, 0.25) is 0 Å². The highest BCUT2D eigenvalue weighted by atomic mass is 32.2. The first-order valence-electron chi connectivity index (χ1n) is 6.93. The molecule has 2 N–H and O–H groups in total. The molecule has 1 aromatic carbocycles. The Morgan fingerprint density at radius 2 is 2.27 bits per heavy atom. The van der Waals surface area contributed by atoms with E-state index in [1.165, 1.54) is 4.90 Å². The average Bonchev–Trinajstić information content (AvgIpc) is 3.16. The maximum Gasteiger partial charge on any atom is 0.322 e. The summed E-state index contributed by atoms with van der Waals surface area (Å²) in [5.41, 5.74) is 0.179. The van der Waals surface area contributed by atoms with Crippen LogP contribution in [0, 0.1) is 0 Å². The van der Waals surface area contributed by atoms with Gasteiger partial charge < -0.3 is 10.2 Å². The second kappa shape index (κ2) is 4.85. The molecule has 1 atom stereocenters. The number of benzene rings is 1. The Balaban J connectivity index is 1.63. The monoisotopic (exact) mass is 334 g/mol. The number of nitrogens with zero attached hydrogens (tertiary/aromatic N) is 2. The molecule has 3 amide bonds. The lowest BCUT2D eigenvalue weighted by atomic mass is 10.00. The summed E-state index contributed by atoms with van der Waals surface area (Å²) < 4.78 is 1.14. The molecule has 114 valence electrons. The normalized spacial score (nSPS) is 24.3. The predicted octanol–water partition coefficient (Wildman–Crippen LogP) is 1.81. The molecule has 1 unspecified atom stereocenters. The molecule has 2 aliphatic rings. The first-order valence-corrected chi connectivity index (χ1v) is 8.97. The summed E-state index contributed by atoms with van der Waals surface area (Å²) in [4.78, 5) is 31.3. The number of hydrogen-bond donors (Lipinski definition) is 2. The third-order valence-corrected chi connectivity index (χ3v) is 5.94. The topological polar surface area (TPSA) is 74.3 Å². The lowest BCUT2D eigenvalue weighted by Gasteiger charge is -2.20. The highest BCUT2D eigenvalue weighted by molar-refractivity contribution is 7.98. The first kappa shape index (κ1) is 13.8. The van der Waals surface area contributed by atoms with Crippen LogP contribution in [0.4, 0.5) is 9.93 Å². The molecular formula is C14H14N4O2S2. The van der Waals surface area contributed by atoms with Crippen molar-refractivity contribution >= 4 is 50.4 Å². The van der Waals surface area contributed by atoms with Gasteiger partial charge in [-0.15, -0.1) is 11.8 Å². The zero-order chi connectivity index (χ0) is 15.3. The number of thioether (sulfide) groups is 1. The van der Waals surface area contributed by atoms with Crippen LogP contribution in [0.25, 0.3) is 10.2 Å². The van der Waals surface area contributed by atoms with Crippen LogP contribution < -0.4 is 15.5 Å². The molecule has 0 bridgehead atoms. The fourth-order valence-electron chi connectivity index (χ4n) is 2.94. The van der Waals surface area contributed by atoms with Crippen molar-refractivity contribution in [1.82, 2.24) is 15.6 Å². The van der Waals surface area contributed by atoms with Crippen molar-refractivity contribution < 1.29 is 9.59 Å². The SMILES string of the molecule is CSc1ccc2nc(N3CCC4(C3)NC(=O)NC4=O)sc2c1. The van der Waals surface area contributed by atoms with Gasteiger partial charge in [0, 0.05) is 11.4 Å². The molecule has 8 heteroatoms. The second-order valence-electron chi connectivity index (χ2n) is 5.49. The maximum atomic E-state index is 12.0. The summed E-state index contributed by atoms with van der Waals surface area (Å²) in [7, 11) is 0. The number of carbonyl (C=O) groups is 2. The molecule has 3 heterocycles. The number of rotatable bonds is 2. The number of amides is 3. The third kappa shape index (κ3) is 2.05. The third-order valence-electron chi connectivity index (χ3n) is 4.14. The van der Waals surface area contributed by atoms with Gasteiger partial charge in [-0.25, -0.2) is 9.78 Å². The second-order valence-corrected chi connectivity index (χ2v) is 7.38. The fraction of sp³-hybridized carbons (Fsp3) is 0.357. The number of aromatic nitrogens is 1. The molecule has 1 spiro atoms. The zero-order valence-corrected chi connectivity index (χ0v) is 13.5. The van der Waals surface area contributed by atoms with E-state index in [-0.39, 0.29) is 5.91 Å². The van der Waals surface area contributed by atoms with Crippen molar-refractivity contribution in [3.05, 3.63) is 18.2 Å². The van der Waals surface area contributed by atoms with E-state index in [1.54, 1.807) is 23.1 Å². The fourth-order valence-corrected chi connectivity index (χ4v) is 4.49. The average molecular weight is 334 g/mol. The van der Waals surface area contributed by atoms with Crippen molar-refractivity contribution in [2.75, 3.05) is 24.2 Å². The lowest BCUT2D eigenvalue weighted by Crippen LogP contribution is -2.49. The van der Waals surface area contributed by atoms with Gasteiger partial charge in [0.15, 0.2) is 5.13 Å². The molecule has 22 heavy (non-hydrogen) atoms. The molecule has 0 saturated carbocycles. The minimum Gasteiger partial charge on any atom is -0.345 e. The molecule has 2 fully saturated rings. The number of urea groups is 1. The highest BCUT2D eigenvalue weighted by Crippen LogP contribution is 2.35. The largest absolute Gasteiger partial charge is 0.345 e. The van der Waals surface area contributed by atoms with Gasteiger partial charge in [-0.05, 0) is 30.9 Å². The Labute approximate surface area is 135 Å². The standard InChI is InChI=1S/C14H14N4O2S2/c1-21-8-2-3-9-10(6-8)22-13(15-9)18-5-4-14(7-18)11(19)16-12(20)17-14/h2-3,6H,4-5,7H2,1H3,(H2,16,17,19,20). The zero-order valence-electron chi connectivity index (χ0n) is 11.9. The van der Waals surface area contributed by atoms with Crippen LogP contribution in [0.5, 0.6) is 0 Å². The van der Waals surface area contributed by atoms with Crippen molar-refractivity contribution in [3.8, 4) is 0 Å². The molecule has 2 aromatic rings. The Morgan fingerprint density at radius 1 is 1.41 bits per heavy atom. The van der Waals surface area contributed by atoms with Crippen molar-refractivity contribution in [1.29, 1.82) is 0 Å². The van der Waals surface area contributed by atoms with Crippen molar-refractivity contribution in [2.45, 2.75) is 16.9 Å². The summed E-state index contributed by atoms with van der Waals surface area (Å²) in [5.74, 6) is -0.231. The van der Waals surface area contributed by atoms with Crippen LogP contribution >= 0.6 is 23.1 Å². The van der Waals surface area contributed by atoms with Crippen molar-refractivity contribution in [2.24, 2.45) is 0 Å². The van der Waals surface area contributed by atoms with Gasteiger partial charge in [0.05, 0.1) is 16.8 Å². The number of anilines is 1. The Bertz CT molecular complexity index is 790. The van der Waals surface area contributed by atoms with E-state index in [0.29, 0.717) is 19.5 Å². The van der Waals surface area contributed by atoms with Gasteiger partial charge in [-0.3, -0.25) is 10.1 Å². The van der Waals surface area contributed by atoms with Gasteiger partial charge >= 0.3 is 6.03 Å². The summed E-state index contributed by atoms with van der Waals surface area (Å²) in [6.45, 7) is 1.18. The van der Waals surface area contributed by atoms with E-state index in [4.69, 9.17) is 0 Å². The number of fused-ring (bicyclic) bond motifs is 1. The molecule has 4 rings (SSSR count). The molecule has 0 aliphatic carbocycles. The van der Waals surface area contributed by atoms with Gasteiger partial charge in [0.2, 0.25) is 0 Å². The molecule has 2 aliphatic heterocycles. The number of nitrogens with one attached hydrogen (secondary N) is 2. The van der Waals surface area contributed by atoms with Gasteiger partial charge in [-0.2, -0.15) is 0 Å². The van der Waals surface area contributed by atoms with E-state index in [9.17, 15) is 9.59 Å². The number of carbonyl (C=O) groups excluding carboxylic acids is 2. The Morgan fingerprint density at radius 3 is 3.00 bits per heavy atom. The van der Waals surface area contributed by atoms with E-state index in [1.807, 2.05) is 6.07 Å². The maximum absolute atomic E-state index is 12.0. The summed E-state index contributed by atoms with van der Waals surface area (Å²) in [6.07, 6.45) is 2.66. The summed E-state index contributed by atoms with van der Waals surface area (Å²) in [6, 6.07) is 5.82. The molecule has 0 radical (unpaired) electrons. The lowest BCUT2D eigenvalue weighted by molar-refractivity contribution is -0.123. The van der Waals surface area contributed by atoms with Crippen molar-refractivity contribution in [3.63, 3.8) is 0 Å². The molecule has 6 nitrogen and oxygen atoms in total. The smallest absolute Gasteiger partial charge is 0.322 e. The highest BCUT2D eigenvalue weighted by Gasteiger charge is 2.51. The van der Waals surface area contributed by atoms with Crippen LogP contribution in [0.15, 0.2) is 23.1 Å². The van der Waals surface area contributed by atoms with Crippen LogP contribution in [-0.4, -0.2) is 41.8 Å². The summed E-state index contributed by atoms with van der Waals surface area (Å²) >= 11 is 3.33. The Hall–Kier alpha value is -1.80. The van der Waals surface area contributed by atoms with E-state index < -0.39 is 11.6 Å². The first-order chi connectivity index (χ1) is 10.6. The minimum atomic E-state index is -0.792. The quantitative estimate of drug-likeness (QED) is 0.647. The van der Waals surface area contributed by atoms with Crippen LogP contribution in [0.1, 0.15) is 6.42 Å². The molecular weight excluding hydrogens is 320 g/mol. The van der Waals surface area contributed by atoms with Gasteiger partial charge in [-0.1, -0.05) is 11.3 Å². The van der Waals surface area contributed by atoms with Gasteiger partial charge in [0.25, 0.3) is 5.91 Å². The number of hydrogen-bond acceptors (Lipinski definition) is 6. The Kier molecular flexibility index (Phi) is 3.05. The van der Waals surface area contributed by atoms with E-state index in [0.717, 1.165) is 15.3 Å². The summed E-state index contributed by atoms with van der Waals surface area (Å²) in [5, 5.41) is 5.99. The number of imide groups is 1. The van der Waals surface area contributed by atoms with E-state index in [2.05, 4.69) is 38.9 Å².